The fraction of sp³-hybridized carbons (Fsp3) is 0.750. The van der Waals surface area contributed by atoms with E-state index in [1.54, 1.807) is 0 Å². The number of amides is 1. The summed E-state index contributed by atoms with van der Waals surface area (Å²) in [6, 6.07) is -1.10. The summed E-state index contributed by atoms with van der Waals surface area (Å²) in [5, 5.41) is 14.0. The molecule has 0 aromatic rings. The maximum atomic E-state index is 11.2. The normalized spacial score (nSPS) is 25.3. The fourth-order valence-electron chi connectivity index (χ4n) is 1.70. The number of carboxylic acids is 1. The van der Waals surface area contributed by atoms with Crippen LogP contribution in [0.15, 0.2) is 0 Å². The lowest BCUT2D eigenvalue weighted by Gasteiger charge is -2.28. The number of hydrogen-bond donors (Lipinski definition) is 5. The number of carboxylic acid groups (broad SMARTS) is 1. The Bertz CT molecular complexity index is 354. The minimum Gasteiger partial charge on any atom is -0.480 e. The third-order valence-corrected chi connectivity index (χ3v) is 3.12. The van der Waals surface area contributed by atoms with Crippen molar-refractivity contribution in [3.05, 3.63) is 0 Å². The Labute approximate surface area is 97.6 Å². The molecule has 0 radical (unpaired) electrons. The van der Waals surface area contributed by atoms with Crippen molar-refractivity contribution < 1.29 is 29.0 Å². The van der Waals surface area contributed by atoms with Crippen molar-refractivity contribution in [3.63, 3.8) is 0 Å². The quantitative estimate of drug-likeness (QED) is 0.390. The van der Waals surface area contributed by atoms with Crippen LogP contribution in [0.3, 0.4) is 0 Å². The molecular formula is C8H15N2O6P. The van der Waals surface area contributed by atoms with Crippen LogP contribution in [0.2, 0.25) is 0 Å². The average molecular weight is 266 g/mol. The maximum Gasteiger partial charge on any atom is 0.334 e. The second-order valence-electron chi connectivity index (χ2n) is 3.96. The molecule has 17 heavy (non-hydrogen) atoms. The van der Waals surface area contributed by atoms with Crippen molar-refractivity contribution in [1.29, 1.82) is 0 Å². The van der Waals surface area contributed by atoms with E-state index in [2.05, 4.69) is 10.6 Å². The molecule has 2 atom stereocenters. The zero-order valence-electron chi connectivity index (χ0n) is 9.00. The number of nitrogens with one attached hydrogen (secondary N) is 2. The van der Waals surface area contributed by atoms with Gasteiger partial charge in [-0.15, -0.1) is 0 Å². The first-order valence-corrected chi connectivity index (χ1v) is 6.88. The van der Waals surface area contributed by atoms with Gasteiger partial charge in [-0.2, -0.15) is 0 Å². The smallest absolute Gasteiger partial charge is 0.334 e. The molecule has 0 bridgehead atoms. The molecule has 0 aromatic carbocycles. The molecule has 5 N–H and O–H groups in total. The highest BCUT2D eigenvalue weighted by molar-refractivity contribution is 7.52. The van der Waals surface area contributed by atoms with Crippen LogP contribution < -0.4 is 10.6 Å². The molecule has 1 saturated heterocycles. The van der Waals surface area contributed by atoms with E-state index in [-0.39, 0.29) is 12.5 Å². The predicted molar refractivity (Wildman–Crippen MR) is 57.5 cm³/mol. The van der Waals surface area contributed by atoms with E-state index in [0.717, 1.165) is 0 Å². The van der Waals surface area contributed by atoms with Crippen molar-refractivity contribution >= 4 is 19.5 Å². The van der Waals surface area contributed by atoms with Gasteiger partial charge in [-0.3, -0.25) is 14.2 Å². The van der Waals surface area contributed by atoms with Crippen molar-refractivity contribution in [3.8, 4) is 0 Å². The highest BCUT2D eigenvalue weighted by atomic mass is 31.2. The second-order valence-corrected chi connectivity index (χ2v) is 5.60. The lowest BCUT2D eigenvalue weighted by atomic mass is 9.99. The number of hydrogen-bond acceptors (Lipinski definition) is 4. The van der Waals surface area contributed by atoms with Gasteiger partial charge < -0.3 is 25.5 Å². The fourth-order valence-corrected chi connectivity index (χ4v) is 2.16. The highest BCUT2D eigenvalue weighted by Gasteiger charge is 2.28. The van der Waals surface area contributed by atoms with E-state index in [4.69, 9.17) is 14.9 Å². The summed E-state index contributed by atoms with van der Waals surface area (Å²) in [5.74, 6) is -1.76. The molecule has 1 aliphatic rings. The molecule has 8 nitrogen and oxygen atoms in total. The molecule has 1 amide bonds. The summed E-state index contributed by atoms with van der Waals surface area (Å²) in [7, 11) is -4.37. The molecule has 0 aromatic heterocycles. The monoisotopic (exact) mass is 266 g/mol. The molecule has 98 valence electrons. The van der Waals surface area contributed by atoms with Crippen LogP contribution in [0.5, 0.6) is 0 Å². The van der Waals surface area contributed by atoms with Gasteiger partial charge in [0, 0.05) is 6.04 Å². The van der Waals surface area contributed by atoms with Crippen molar-refractivity contribution in [2.45, 2.75) is 24.9 Å². The Morgan fingerprint density at radius 3 is 2.59 bits per heavy atom. The van der Waals surface area contributed by atoms with Crippen molar-refractivity contribution in [2.24, 2.45) is 0 Å². The van der Waals surface area contributed by atoms with Gasteiger partial charge in [-0.1, -0.05) is 0 Å². The standard InChI is InChI=1S/C8H15N2O6P/c11-7(4-17(14,15)16)10-5-1-2-9-6(3-5)8(12)13/h5-6,9H,1-4H2,(H,10,11)(H,12,13)(H2,14,15,16)/t5-,6+/m1/s1. The van der Waals surface area contributed by atoms with Crippen LogP contribution in [-0.4, -0.2) is 51.6 Å². The second kappa shape index (κ2) is 5.59. The largest absolute Gasteiger partial charge is 0.480 e. The maximum absolute atomic E-state index is 11.2. The van der Waals surface area contributed by atoms with Crippen LogP contribution in [0.4, 0.5) is 0 Å². The first kappa shape index (κ1) is 14.1. The van der Waals surface area contributed by atoms with Crippen LogP contribution in [0.25, 0.3) is 0 Å². The number of piperidine rings is 1. The highest BCUT2D eigenvalue weighted by Crippen LogP contribution is 2.33. The van der Waals surface area contributed by atoms with Crippen molar-refractivity contribution in [1.82, 2.24) is 10.6 Å². The summed E-state index contributed by atoms with van der Waals surface area (Å²) in [6.07, 6.45) is -0.117. The summed E-state index contributed by atoms with van der Waals surface area (Å²) in [4.78, 5) is 39.2. The van der Waals surface area contributed by atoms with Gasteiger partial charge in [0.1, 0.15) is 12.2 Å². The Balaban J connectivity index is 2.44. The molecule has 0 spiro atoms. The minimum atomic E-state index is -4.37. The first-order valence-electron chi connectivity index (χ1n) is 5.08. The number of carbonyl (C=O) groups excluding carboxylic acids is 1. The topological polar surface area (TPSA) is 136 Å². The molecule has 0 aliphatic carbocycles. The Morgan fingerprint density at radius 2 is 2.06 bits per heavy atom. The van der Waals surface area contributed by atoms with Crippen LogP contribution in [-0.2, 0) is 14.2 Å². The van der Waals surface area contributed by atoms with Gasteiger partial charge in [0.05, 0.1) is 0 Å². The molecule has 1 rings (SSSR count). The molecule has 1 fully saturated rings. The van der Waals surface area contributed by atoms with Crippen LogP contribution in [0, 0.1) is 0 Å². The third kappa shape index (κ3) is 5.27. The molecule has 1 aliphatic heterocycles. The van der Waals surface area contributed by atoms with Crippen molar-refractivity contribution in [2.75, 3.05) is 12.7 Å². The third-order valence-electron chi connectivity index (χ3n) is 2.42. The lowest BCUT2D eigenvalue weighted by molar-refractivity contribution is -0.140. The molecule has 0 unspecified atom stereocenters. The van der Waals surface area contributed by atoms with Gasteiger partial charge >= 0.3 is 13.6 Å². The molecule has 9 heteroatoms. The van der Waals surface area contributed by atoms with Gasteiger partial charge in [-0.05, 0) is 19.4 Å². The van der Waals surface area contributed by atoms with Gasteiger partial charge in [-0.25, -0.2) is 0 Å². The van der Waals surface area contributed by atoms with Gasteiger partial charge in [0.25, 0.3) is 0 Å². The number of carbonyl (C=O) groups is 2. The van der Waals surface area contributed by atoms with E-state index < -0.39 is 31.7 Å². The predicted octanol–water partition coefficient (Wildman–Crippen LogP) is -1.51. The summed E-state index contributed by atoms with van der Waals surface area (Å²) in [5.41, 5.74) is 0. The molecule has 1 heterocycles. The summed E-state index contributed by atoms with van der Waals surface area (Å²) < 4.78 is 10.6. The van der Waals surface area contributed by atoms with Crippen LogP contribution >= 0.6 is 7.60 Å². The zero-order chi connectivity index (χ0) is 13.1. The Kier molecular flexibility index (Phi) is 4.64. The number of aliphatic carboxylic acids is 1. The lowest BCUT2D eigenvalue weighted by Crippen LogP contribution is -2.51. The van der Waals surface area contributed by atoms with E-state index in [1.807, 2.05) is 0 Å². The van der Waals surface area contributed by atoms with Gasteiger partial charge in [0.2, 0.25) is 5.91 Å². The van der Waals surface area contributed by atoms with E-state index in [0.29, 0.717) is 13.0 Å². The Hall–Kier alpha value is -0.950. The zero-order valence-corrected chi connectivity index (χ0v) is 9.89. The van der Waals surface area contributed by atoms with Crippen LogP contribution in [0.1, 0.15) is 12.8 Å². The van der Waals surface area contributed by atoms with E-state index >= 15 is 0 Å². The van der Waals surface area contributed by atoms with Gasteiger partial charge in [0.15, 0.2) is 0 Å². The summed E-state index contributed by atoms with van der Waals surface area (Å²) in [6.45, 7) is 0.442. The molecule has 0 saturated carbocycles. The first-order chi connectivity index (χ1) is 7.78. The van der Waals surface area contributed by atoms with E-state index in [1.165, 1.54) is 0 Å². The average Bonchev–Trinajstić information content (AvgIpc) is 2.14. The van der Waals surface area contributed by atoms with E-state index in [9.17, 15) is 14.2 Å². The summed E-state index contributed by atoms with van der Waals surface area (Å²) >= 11 is 0. The SMILES string of the molecule is O=C(CP(=O)(O)O)N[C@@H]1CCN[C@H](C(=O)O)C1. The Morgan fingerprint density at radius 1 is 1.41 bits per heavy atom. The number of rotatable bonds is 4. The minimum absolute atomic E-state index is 0.211. The molecular weight excluding hydrogens is 251 g/mol.